The van der Waals surface area contributed by atoms with E-state index >= 15 is 0 Å². The van der Waals surface area contributed by atoms with Gasteiger partial charge in [0.2, 0.25) is 0 Å². The molecule has 0 aromatic heterocycles. The molecule has 0 radical (unpaired) electrons. The second kappa shape index (κ2) is 6.38. The fraction of sp³-hybridized carbons (Fsp3) is 1.00. The minimum atomic E-state index is 0.369. The van der Waals surface area contributed by atoms with Gasteiger partial charge in [-0.2, -0.15) is 0 Å². The van der Waals surface area contributed by atoms with Crippen LogP contribution in [-0.2, 0) is 0 Å². The van der Waals surface area contributed by atoms with Crippen LogP contribution in [0.25, 0.3) is 0 Å². The molecule has 1 saturated heterocycles. The van der Waals surface area contributed by atoms with Gasteiger partial charge in [0, 0.05) is 18.6 Å². The van der Waals surface area contributed by atoms with E-state index in [1.54, 1.807) is 0 Å². The first-order valence-corrected chi connectivity index (χ1v) is 8.19. The van der Waals surface area contributed by atoms with Gasteiger partial charge in [0.25, 0.3) is 0 Å². The van der Waals surface area contributed by atoms with E-state index in [0.717, 1.165) is 18.4 Å². The Bertz CT molecular complexity index is 243. The van der Waals surface area contributed by atoms with Crippen molar-refractivity contribution in [1.29, 1.82) is 0 Å². The van der Waals surface area contributed by atoms with Crippen LogP contribution in [0.3, 0.4) is 0 Å². The van der Waals surface area contributed by atoms with Gasteiger partial charge in [-0.1, -0.05) is 26.7 Å². The van der Waals surface area contributed by atoms with Crippen LogP contribution < -0.4 is 5.73 Å². The van der Waals surface area contributed by atoms with Gasteiger partial charge in [-0.25, -0.2) is 0 Å². The Morgan fingerprint density at radius 1 is 1.11 bits per heavy atom. The zero-order valence-corrected chi connectivity index (χ0v) is 12.5. The van der Waals surface area contributed by atoms with E-state index in [9.17, 15) is 0 Å². The first kappa shape index (κ1) is 14.3. The van der Waals surface area contributed by atoms with Gasteiger partial charge in [0.05, 0.1) is 0 Å². The molecule has 2 fully saturated rings. The zero-order chi connectivity index (χ0) is 13.0. The van der Waals surface area contributed by atoms with Crippen molar-refractivity contribution in [1.82, 2.24) is 4.90 Å². The van der Waals surface area contributed by atoms with Gasteiger partial charge < -0.3 is 5.73 Å². The normalized spacial score (nSPS) is 38.2. The Balaban J connectivity index is 1.93. The van der Waals surface area contributed by atoms with Gasteiger partial charge in [0.15, 0.2) is 0 Å². The quantitative estimate of drug-likeness (QED) is 0.812. The Kier molecular flexibility index (Phi) is 5.08. The van der Waals surface area contributed by atoms with Gasteiger partial charge in [-0.15, -0.1) is 0 Å². The van der Waals surface area contributed by atoms with Crippen molar-refractivity contribution >= 4 is 0 Å². The van der Waals surface area contributed by atoms with Crippen molar-refractivity contribution in [2.45, 2.75) is 70.8 Å². The van der Waals surface area contributed by atoms with Crippen molar-refractivity contribution in [2.24, 2.45) is 17.6 Å². The summed E-state index contributed by atoms with van der Waals surface area (Å²) in [4.78, 5) is 2.76. The molecule has 2 heteroatoms. The van der Waals surface area contributed by atoms with Crippen LogP contribution in [0.4, 0.5) is 0 Å². The highest BCUT2D eigenvalue weighted by Gasteiger charge is 2.41. The lowest BCUT2D eigenvalue weighted by Gasteiger charge is -2.46. The van der Waals surface area contributed by atoms with Crippen LogP contribution in [-0.4, -0.2) is 30.1 Å². The highest BCUT2D eigenvalue weighted by Crippen LogP contribution is 2.40. The predicted octanol–water partition coefficient (Wildman–Crippen LogP) is 3.41. The molecule has 2 aliphatic rings. The fourth-order valence-corrected chi connectivity index (χ4v) is 4.18. The summed E-state index contributed by atoms with van der Waals surface area (Å²) in [6, 6.07) is 0. The molecule has 1 aliphatic heterocycles. The Hall–Kier alpha value is -0.0800. The first-order valence-electron chi connectivity index (χ1n) is 8.19. The van der Waals surface area contributed by atoms with Crippen molar-refractivity contribution in [3.05, 3.63) is 0 Å². The van der Waals surface area contributed by atoms with Gasteiger partial charge in [-0.3, -0.25) is 4.90 Å². The van der Waals surface area contributed by atoms with E-state index in [-0.39, 0.29) is 0 Å². The standard InChI is InChI=1S/C16H32N2/c1-3-5-15-8-11-18(12-15)16(13-17)9-6-14(4-2)7-10-16/h14-15H,3-13,17H2,1-2H3. The molecule has 106 valence electrons. The van der Waals surface area contributed by atoms with Gasteiger partial charge >= 0.3 is 0 Å². The highest BCUT2D eigenvalue weighted by atomic mass is 15.2. The average Bonchev–Trinajstić information content (AvgIpc) is 2.88. The van der Waals surface area contributed by atoms with E-state index in [4.69, 9.17) is 5.73 Å². The number of likely N-dealkylation sites (tertiary alicyclic amines) is 1. The van der Waals surface area contributed by atoms with Crippen molar-refractivity contribution < 1.29 is 0 Å². The summed E-state index contributed by atoms with van der Waals surface area (Å²) in [5, 5.41) is 0. The fourth-order valence-electron chi connectivity index (χ4n) is 4.18. The van der Waals surface area contributed by atoms with Crippen LogP contribution in [0.1, 0.15) is 65.2 Å². The van der Waals surface area contributed by atoms with Gasteiger partial charge in [0.1, 0.15) is 0 Å². The number of nitrogens with two attached hydrogens (primary N) is 1. The maximum absolute atomic E-state index is 6.18. The van der Waals surface area contributed by atoms with E-state index in [2.05, 4.69) is 18.7 Å². The molecular weight excluding hydrogens is 220 g/mol. The minimum absolute atomic E-state index is 0.369. The second-order valence-corrected chi connectivity index (χ2v) is 6.67. The van der Waals surface area contributed by atoms with E-state index in [1.165, 1.54) is 64.5 Å². The molecule has 0 amide bonds. The lowest BCUT2D eigenvalue weighted by Crippen LogP contribution is -2.54. The molecule has 1 heterocycles. The van der Waals surface area contributed by atoms with Crippen molar-refractivity contribution in [3.8, 4) is 0 Å². The summed E-state index contributed by atoms with van der Waals surface area (Å²) >= 11 is 0. The Labute approximate surface area is 113 Å². The van der Waals surface area contributed by atoms with E-state index in [0.29, 0.717) is 5.54 Å². The van der Waals surface area contributed by atoms with Crippen LogP contribution in [0, 0.1) is 11.8 Å². The van der Waals surface area contributed by atoms with Crippen molar-refractivity contribution in [3.63, 3.8) is 0 Å². The third-order valence-corrected chi connectivity index (χ3v) is 5.65. The van der Waals surface area contributed by atoms with Crippen LogP contribution in [0.2, 0.25) is 0 Å². The lowest BCUT2D eigenvalue weighted by molar-refractivity contribution is 0.0586. The number of rotatable bonds is 5. The number of hydrogen-bond donors (Lipinski definition) is 1. The molecule has 0 spiro atoms. The monoisotopic (exact) mass is 252 g/mol. The van der Waals surface area contributed by atoms with E-state index in [1.807, 2.05) is 0 Å². The maximum atomic E-state index is 6.18. The van der Waals surface area contributed by atoms with E-state index < -0.39 is 0 Å². The number of nitrogens with zero attached hydrogens (tertiary/aromatic N) is 1. The summed E-state index contributed by atoms with van der Waals surface area (Å²) in [5.74, 6) is 1.92. The molecule has 0 bridgehead atoms. The molecule has 1 saturated carbocycles. The van der Waals surface area contributed by atoms with Gasteiger partial charge in [-0.05, 0) is 56.9 Å². The Morgan fingerprint density at radius 3 is 2.39 bits per heavy atom. The summed E-state index contributed by atoms with van der Waals surface area (Å²) in [5.41, 5.74) is 6.55. The third-order valence-electron chi connectivity index (χ3n) is 5.65. The predicted molar refractivity (Wildman–Crippen MR) is 78.6 cm³/mol. The number of hydrogen-bond acceptors (Lipinski definition) is 2. The van der Waals surface area contributed by atoms with Crippen LogP contribution in [0.15, 0.2) is 0 Å². The average molecular weight is 252 g/mol. The Morgan fingerprint density at radius 2 is 1.83 bits per heavy atom. The third kappa shape index (κ3) is 2.91. The summed E-state index contributed by atoms with van der Waals surface area (Å²) in [6.45, 7) is 8.16. The molecule has 18 heavy (non-hydrogen) atoms. The smallest absolute Gasteiger partial charge is 0.0332 e. The molecule has 2 N–H and O–H groups in total. The largest absolute Gasteiger partial charge is 0.329 e. The first-order chi connectivity index (χ1) is 8.74. The highest BCUT2D eigenvalue weighted by molar-refractivity contribution is 4.98. The second-order valence-electron chi connectivity index (χ2n) is 6.67. The molecule has 0 aromatic carbocycles. The SMILES string of the molecule is CCCC1CCN(C2(CN)CCC(CC)CC2)C1. The summed E-state index contributed by atoms with van der Waals surface area (Å²) in [7, 11) is 0. The maximum Gasteiger partial charge on any atom is 0.0332 e. The van der Waals surface area contributed by atoms with Crippen molar-refractivity contribution in [2.75, 3.05) is 19.6 Å². The molecule has 2 rings (SSSR count). The lowest BCUT2D eigenvalue weighted by atomic mass is 9.74. The summed E-state index contributed by atoms with van der Waals surface area (Å²) in [6.07, 6.45) is 11.0. The molecule has 0 aromatic rings. The summed E-state index contributed by atoms with van der Waals surface area (Å²) < 4.78 is 0. The van der Waals surface area contributed by atoms with Crippen LogP contribution >= 0.6 is 0 Å². The molecule has 2 nitrogen and oxygen atoms in total. The topological polar surface area (TPSA) is 29.3 Å². The molecule has 1 atom stereocenters. The molecule has 1 unspecified atom stereocenters. The minimum Gasteiger partial charge on any atom is -0.329 e. The van der Waals surface area contributed by atoms with Crippen LogP contribution in [0.5, 0.6) is 0 Å². The molecule has 1 aliphatic carbocycles. The molecular formula is C16H32N2. The zero-order valence-electron chi connectivity index (χ0n) is 12.5.